The Morgan fingerprint density at radius 2 is 1.92 bits per heavy atom. The number of nitrogens with zero attached hydrogens (tertiary/aromatic N) is 5. The number of benzene rings is 1. The lowest BCUT2D eigenvalue weighted by molar-refractivity contribution is 0.785. The van der Waals surface area contributed by atoms with Gasteiger partial charge in [0.15, 0.2) is 11.6 Å². The molecule has 2 aromatic heterocycles. The highest BCUT2D eigenvalue weighted by Crippen LogP contribution is 2.16. The lowest BCUT2D eigenvalue weighted by atomic mass is 10.1. The molecular weight excluding hydrogens is 328 g/mol. The molecule has 0 aliphatic heterocycles. The maximum absolute atomic E-state index is 4.29. The summed E-state index contributed by atoms with van der Waals surface area (Å²) in [4.78, 5) is 12.8. The van der Waals surface area contributed by atoms with Gasteiger partial charge in [-0.1, -0.05) is 29.8 Å². The van der Waals surface area contributed by atoms with Crippen molar-refractivity contribution in [2.24, 2.45) is 12.0 Å². The lowest BCUT2D eigenvalue weighted by Crippen LogP contribution is -2.39. The molecule has 0 bridgehead atoms. The zero-order valence-electron chi connectivity index (χ0n) is 15.3. The molecule has 136 valence electrons. The molecule has 3 N–H and O–H groups in total. The van der Waals surface area contributed by atoms with Crippen LogP contribution in [0.15, 0.2) is 41.8 Å². The van der Waals surface area contributed by atoms with Crippen LogP contribution in [0.1, 0.15) is 11.1 Å². The molecule has 0 aliphatic carbocycles. The minimum atomic E-state index is 0.701. The van der Waals surface area contributed by atoms with Gasteiger partial charge in [0.05, 0.1) is 11.6 Å². The maximum Gasteiger partial charge on any atom is 0.191 e. The molecular formula is C18H24N8. The maximum atomic E-state index is 4.29. The molecule has 0 unspecified atom stereocenters. The van der Waals surface area contributed by atoms with Crippen molar-refractivity contribution in [2.45, 2.75) is 13.5 Å². The van der Waals surface area contributed by atoms with Crippen molar-refractivity contribution < 1.29 is 0 Å². The van der Waals surface area contributed by atoms with Gasteiger partial charge in [-0.25, -0.2) is 9.97 Å². The van der Waals surface area contributed by atoms with Crippen molar-refractivity contribution in [3.8, 4) is 0 Å². The number of nitrogens with one attached hydrogen (secondary N) is 3. The highest BCUT2D eigenvalue weighted by Gasteiger charge is 2.07. The molecule has 0 aliphatic rings. The number of rotatable bonds is 6. The number of aryl methyl sites for hydroxylation is 2. The predicted molar refractivity (Wildman–Crippen MR) is 104 cm³/mol. The summed E-state index contributed by atoms with van der Waals surface area (Å²) >= 11 is 0. The predicted octanol–water partition coefficient (Wildman–Crippen LogP) is 1.45. The van der Waals surface area contributed by atoms with E-state index in [4.69, 9.17) is 0 Å². The molecule has 0 spiro atoms. The van der Waals surface area contributed by atoms with Crippen LogP contribution in [-0.2, 0) is 13.6 Å². The van der Waals surface area contributed by atoms with Gasteiger partial charge in [-0.3, -0.25) is 9.67 Å². The van der Waals surface area contributed by atoms with E-state index in [1.165, 1.54) is 11.1 Å². The van der Waals surface area contributed by atoms with Crippen LogP contribution in [-0.4, -0.2) is 45.8 Å². The van der Waals surface area contributed by atoms with Crippen LogP contribution < -0.4 is 16.0 Å². The third-order valence-corrected chi connectivity index (χ3v) is 4.04. The summed E-state index contributed by atoms with van der Waals surface area (Å²) in [7, 11) is 3.63. The van der Waals surface area contributed by atoms with Crippen LogP contribution in [0.4, 0.5) is 5.82 Å². The Kier molecular flexibility index (Phi) is 5.62. The first-order valence-electron chi connectivity index (χ1n) is 8.54. The summed E-state index contributed by atoms with van der Waals surface area (Å²) in [5.41, 5.74) is 3.29. The minimum absolute atomic E-state index is 0.701. The standard InChI is InChI=1S/C18H24N8/c1-13-4-6-14(7-5-13)10-22-18(19-2)21-9-8-20-16-15-11-25-26(3)17(15)24-12-23-16/h4-7,11-12H,8-10H2,1-3H3,(H2,19,21,22)(H,20,23,24). The zero-order chi connectivity index (χ0) is 18.4. The van der Waals surface area contributed by atoms with E-state index in [1.807, 2.05) is 7.05 Å². The fourth-order valence-electron chi connectivity index (χ4n) is 2.58. The topological polar surface area (TPSA) is 92.1 Å². The fourth-order valence-corrected chi connectivity index (χ4v) is 2.58. The molecule has 8 heteroatoms. The van der Waals surface area contributed by atoms with E-state index >= 15 is 0 Å². The summed E-state index contributed by atoms with van der Waals surface area (Å²) in [5.74, 6) is 1.55. The van der Waals surface area contributed by atoms with Crippen molar-refractivity contribution in [3.63, 3.8) is 0 Å². The van der Waals surface area contributed by atoms with Crippen molar-refractivity contribution >= 4 is 22.8 Å². The molecule has 2 heterocycles. The van der Waals surface area contributed by atoms with Gasteiger partial charge in [0, 0.05) is 33.7 Å². The lowest BCUT2D eigenvalue weighted by Gasteiger charge is -2.13. The van der Waals surface area contributed by atoms with Gasteiger partial charge in [-0.2, -0.15) is 5.10 Å². The Labute approximate surface area is 152 Å². The second kappa shape index (κ2) is 8.28. The molecule has 0 radical (unpaired) electrons. The third-order valence-electron chi connectivity index (χ3n) is 4.04. The van der Waals surface area contributed by atoms with Gasteiger partial charge in [-0.15, -0.1) is 0 Å². The Hall–Kier alpha value is -3.16. The van der Waals surface area contributed by atoms with Crippen LogP contribution in [0.3, 0.4) is 0 Å². The van der Waals surface area contributed by atoms with Gasteiger partial charge >= 0.3 is 0 Å². The van der Waals surface area contributed by atoms with Crippen LogP contribution in [0.5, 0.6) is 0 Å². The number of hydrogen-bond acceptors (Lipinski definition) is 5. The third kappa shape index (κ3) is 4.27. The van der Waals surface area contributed by atoms with E-state index in [1.54, 1.807) is 24.3 Å². The average molecular weight is 352 g/mol. The summed E-state index contributed by atoms with van der Waals surface area (Å²) in [5, 5.41) is 15.0. The van der Waals surface area contributed by atoms with Gasteiger partial charge in [0.1, 0.15) is 12.1 Å². The van der Waals surface area contributed by atoms with E-state index in [-0.39, 0.29) is 0 Å². The van der Waals surface area contributed by atoms with Gasteiger partial charge in [0.25, 0.3) is 0 Å². The SMILES string of the molecule is CN=C(NCCNc1ncnc2c1cnn2C)NCc1ccc(C)cc1. The Bertz CT molecular complexity index is 882. The first-order chi connectivity index (χ1) is 12.7. The highest BCUT2D eigenvalue weighted by molar-refractivity contribution is 5.86. The first kappa shape index (κ1) is 17.7. The number of aromatic nitrogens is 4. The van der Waals surface area contributed by atoms with Crippen LogP contribution in [0.2, 0.25) is 0 Å². The number of guanidine groups is 1. The minimum Gasteiger partial charge on any atom is -0.368 e. The summed E-state index contributed by atoms with van der Waals surface area (Å²) in [6, 6.07) is 8.45. The van der Waals surface area contributed by atoms with Crippen LogP contribution in [0, 0.1) is 6.92 Å². The van der Waals surface area contributed by atoms with Crippen LogP contribution in [0.25, 0.3) is 11.0 Å². The molecule has 8 nitrogen and oxygen atoms in total. The van der Waals surface area contributed by atoms with Crippen molar-refractivity contribution in [2.75, 3.05) is 25.5 Å². The number of hydrogen-bond donors (Lipinski definition) is 3. The highest BCUT2D eigenvalue weighted by atomic mass is 15.3. The van der Waals surface area contributed by atoms with E-state index in [2.05, 4.69) is 67.2 Å². The van der Waals surface area contributed by atoms with E-state index < -0.39 is 0 Å². The van der Waals surface area contributed by atoms with Crippen LogP contribution >= 0.6 is 0 Å². The Morgan fingerprint density at radius 1 is 1.12 bits per heavy atom. The first-order valence-corrected chi connectivity index (χ1v) is 8.54. The summed E-state index contributed by atoms with van der Waals surface area (Å²) in [6.45, 7) is 4.22. The monoisotopic (exact) mass is 352 g/mol. The largest absolute Gasteiger partial charge is 0.368 e. The summed E-state index contributed by atoms with van der Waals surface area (Å²) in [6.07, 6.45) is 3.31. The Morgan fingerprint density at radius 3 is 2.69 bits per heavy atom. The second-order valence-corrected chi connectivity index (χ2v) is 5.99. The second-order valence-electron chi connectivity index (χ2n) is 5.99. The molecule has 0 saturated heterocycles. The van der Waals surface area contributed by atoms with Gasteiger partial charge in [-0.05, 0) is 12.5 Å². The number of fused-ring (bicyclic) bond motifs is 1. The molecule has 3 rings (SSSR count). The van der Waals surface area contributed by atoms with Crippen molar-refractivity contribution in [3.05, 3.63) is 47.9 Å². The van der Waals surface area contributed by atoms with Gasteiger partial charge < -0.3 is 16.0 Å². The van der Waals surface area contributed by atoms with Crippen molar-refractivity contribution in [1.82, 2.24) is 30.4 Å². The van der Waals surface area contributed by atoms with E-state index in [0.29, 0.717) is 13.1 Å². The van der Waals surface area contributed by atoms with Gasteiger partial charge in [0.2, 0.25) is 0 Å². The number of anilines is 1. The normalized spacial score (nSPS) is 11.6. The Balaban J connectivity index is 1.46. The molecule has 1 aromatic carbocycles. The molecule has 0 fully saturated rings. The number of aliphatic imine (C=N–C) groups is 1. The van der Waals surface area contributed by atoms with Crippen molar-refractivity contribution in [1.29, 1.82) is 0 Å². The molecule has 0 saturated carbocycles. The molecule has 0 atom stereocenters. The summed E-state index contributed by atoms with van der Waals surface area (Å²) < 4.78 is 1.73. The zero-order valence-corrected chi connectivity index (χ0v) is 15.3. The fraction of sp³-hybridized carbons (Fsp3) is 0.333. The molecule has 3 aromatic rings. The average Bonchev–Trinajstić information content (AvgIpc) is 3.04. The van der Waals surface area contributed by atoms with E-state index in [0.717, 1.165) is 29.4 Å². The smallest absolute Gasteiger partial charge is 0.191 e. The quantitative estimate of drug-likeness (QED) is 0.353. The molecule has 26 heavy (non-hydrogen) atoms. The van der Waals surface area contributed by atoms with E-state index in [9.17, 15) is 0 Å². The molecule has 0 amide bonds.